The molecule has 0 saturated heterocycles. The van der Waals surface area contributed by atoms with Crippen LogP contribution in [0.5, 0.6) is 11.5 Å². The van der Waals surface area contributed by atoms with Gasteiger partial charge >= 0.3 is 0 Å². The lowest BCUT2D eigenvalue weighted by Crippen LogP contribution is -2.33. The molecular weight excluding hydrogens is 408 g/mol. The number of hydrogen-bond acceptors (Lipinski definition) is 4. The van der Waals surface area contributed by atoms with Gasteiger partial charge in [0.25, 0.3) is 0 Å². The number of rotatable bonds is 2. The fourth-order valence-electron chi connectivity index (χ4n) is 4.51. The van der Waals surface area contributed by atoms with Crippen molar-refractivity contribution in [2.75, 3.05) is 0 Å². The van der Waals surface area contributed by atoms with E-state index in [0.717, 1.165) is 29.0 Å². The second-order valence-electron chi connectivity index (χ2n) is 7.92. The average molecular weight is 427 g/mol. The van der Waals surface area contributed by atoms with Gasteiger partial charge in [0.2, 0.25) is 6.23 Å². The van der Waals surface area contributed by atoms with E-state index in [1.165, 1.54) is 10.8 Å². The molecule has 4 aromatic carbocycles. The lowest BCUT2D eigenvalue weighted by molar-refractivity contribution is -0.0203. The van der Waals surface area contributed by atoms with Crippen LogP contribution in [0.3, 0.4) is 0 Å². The van der Waals surface area contributed by atoms with E-state index in [2.05, 4.69) is 36.4 Å². The Balaban J connectivity index is 1.47. The summed E-state index contributed by atoms with van der Waals surface area (Å²) in [6, 6.07) is 27.8. The maximum absolute atomic E-state index is 10.5. The number of halogens is 1. The number of aromatic hydroxyl groups is 1. The highest BCUT2D eigenvalue weighted by molar-refractivity contribution is 6.30. The molecule has 0 radical (unpaired) electrons. The maximum atomic E-state index is 10.5. The van der Waals surface area contributed by atoms with Gasteiger partial charge in [0.1, 0.15) is 11.5 Å². The number of benzene rings is 4. The van der Waals surface area contributed by atoms with Gasteiger partial charge in [-0.2, -0.15) is 5.10 Å². The van der Waals surface area contributed by atoms with E-state index in [4.69, 9.17) is 21.4 Å². The van der Waals surface area contributed by atoms with Crippen LogP contribution in [0.15, 0.2) is 90.0 Å². The van der Waals surface area contributed by atoms with Crippen LogP contribution >= 0.6 is 11.6 Å². The summed E-state index contributed by atoms with van der Waals surface area (Å²) in [5.41, 5.74) is 3.80. The zero-order valence-electron chi connectivity index (χ0n) is 16.6. The predicted octanol–water partition coefficient (Wildman–Crippen LogP) is 6.44. The molecule has 0 unspecified atom stereocenters. The van der Waals surface area contributed by atoms with Crippen LogP contribution in [0.1, 0.15) is 35.4 Å². The van der Waals surface area contributed by atoms with Gasteiger partial charge in [-0.1, -0.05) is 66.2 Å². The van der Waals surface area contributed by atoms with Gasteiger partial charge in [-0.05, 0) is 46.7 Å². The molecule has 2 atom stereocenters. The van der Waals surface area contributed by atoms with E-state index < -0.39 is 6.23 Å². The fourth-order valence-corrected chi connectivity index (χ4v) is 4.69. The van der Waals surface area contributed by atoms with Gasteiger partial charge in [0, 0.05) is 17.0 Å². The van der Waals surface area contributed by atoms with Crippen molar-refractivity contribution in [3.63, 3.8) is 0 Å². The molecule has 0 saturated carbocycles. The largest absolute Gasteiger partial charge is 0.507 e. The molecular formula is C26H19ClN2O2. The summed E-state index contributed by atoms with van der Waals surface area (Å²) in [4.78, 5) is 0. The lowest BCUT2D eigenvalue weighted by atomic mass is 9.95. The number of nitrogens with zero attached hydrogens (tertiary/aromatic N) is 2. The summed E-state index contributed by atoms with van der Waals surface area (Å²) >= 11 is 6.24. The zero-order valence-corrected chi connectivity index (χ0v) is 17.3. The molecule has 6 rings (SSSR count). The van der Waals surface area contributed by atoms with E-state index >= 15 is 0 Å². The normalized spacial score (nSPS) is 19.5. The Morgan fingerprint density at radius 2 is 1.68 bits per heavy atom. The summed E-state index contributed by atoms with van der Waals surface area (Å²) in [6.07, 6.45) is 0.202. The minimum Gasteiger partial charge on any atom is -0.507 e. The number of ether oxygens (including phenoxy) is 1. The van der Waals surface area contributed by atoms with Crippen LogP contribution < -0.4 is 4.74 Å². The molecule has 0 aliphatic carbocycles. The molecule has 0 aromatic heterocycles. The number of phenols is 1. The number of hydrazone groups is 1. The van der Waals surface area contributed by atoms with Crippen LogP contribution in [0.4, 0.5) is 0 Å². The summed E-state index contributed by atoms with van der Waals surface area (Å²) < 4.78 is 6.32. The number of hydrogen-bond donors (Lipinski definition) is 1. The second kappa shape index (κ2) is 7.03. The highest BCUT2D eigenvalue weighted by Gasteiger charge is 2.41. The first-order valence-corrected chi connectivity index (χ1v) is 10.6. The van der Waals surface area contributed by atoms with Gasteiger partial charge in [0.05, 0.1) is 17.3 Å². The van der Waals surface area contributed by atoms with E-state index in [0.29, 0.717) is 10.6 Å². The Kier molecular flexibility index (Phi) is 4.15. The first-order valence-electron chi connectivity index (χ1n) is 10.3. The SMILES string of the molecule is Oc1ccc(Cl)cc1[C@H]1Oc2ccccc2[C@@H]2CC(c3ccc4ccccc4c3)=NN12. The molecule has 2 aliphatic rings. The third-order valence-electron chi connectivity index (χ3n) is 6.04. The first-order chi connectivity index (χ1) is 15.2. The monoisotopic (exact) mass is 426 g/mol. The van der Waals surface area contributed by atoms with Crippen molar-refractivity contribution in [1.29, 1.82) is 0 Å². The van der Waals surface area contributed by atoms with E-state index in [1.807, 2.05) is 35.3 Å². The summed E-state index contributed by atoms with van der Waals surface area (Å²) in [5.74, 6) is 0.949. The van der Waals surface area contributed by atoms with Gasteiger partial charge in [-0.15, -0.1) is 0 Å². The van der Waals surface area contributed by atoms with Crippen LogP contribution in [-0.4, -0.2) is 15.8 Å². The van der Waals surface area contributed by atoms with Crippen LogP contribution in [0.25, 0.3) is 10.8 Å². The van der Waals surface area contributed by atoms with Crippen LogP contribution in [0.2, 0.25) is 5.02 Å². The molecule has 1 N–H and O–H groups in total. The minimum absolute atomic E-state index is 0.0230. The molecule has 0 amide bonds. The molecule has 152 valence electrons. The maximum Gasteiger partial charge on any atom is 0.217 e. The van der Waals surface area contributed by atoms with Crippen molar-refractivity contribution < 1.29 is 9.84 Å². The van der Waals surface area contributed by atoms with Gasteiger partial charge in [0.15, 0.2) is 0 Å². The first kappa shape index (κ1) is 18.3. The average Bonchev–Trinajstić information content (AvgIpc) is 3.26. The third-order valence-corrected chi connectivity index (χ3v) is 6.27. The quantitative estimate of drug-likeness (QED) is 0.401. The fraction of sp³-hybridized carbons (Fsp3) is 0.115. The van der Waals surface area contributed by atoms with Crippen LogP contribution in [-0.2, 0) is 0 Å². The Bertz CT molecular complexity index is 1350. The van der Waals surface area contributed by atoms with Crippen LogP contribution in [0, 0.1) is 0 Å². The smallest absolute Gasteiger partial charge is 0.217 e. The molecule has 0 spiro atoms. The van der Waals surface area contributed by atoms with Gasteiger partial charge < -0.3 is 9.84 Å². The van der Waals surface area contributed by atoms with Crippen molar-refractivity contribution in [2.45, 2.75) is 18.7 Å². The zero-order chi connectivity index (χ0) is 20.9. The molecule has 4 nitrogen and oxygen atoms in total. The van der Waals surface area contributed by atoms with E-state index in [-0.39, 0.29) is 11.8 Å². The van der Waals surface area contributed by atoms with E-state index in [1.54, 1.807) is 18.2 Å². The van der Waals surface area contributed by atoms with Crippen molar-refractivity contribution in [3.05, 3.63) is 107 Å². The molecule has 0 bridgehead atoms. The Labute approximate surface area is 185 Å². The molecule has 31 heavy (non-hydrogen) atoms. The summed E-state index contributed by atoms with van der Waals surface area (Å²) in [6.45, 7) is 0. The van der Waals surface area contributed by atoms with Crippen molar-refractivity contribution in [2.24, 2.45) is 5.10 Å². The van der Waals surface area contributed by atoms with Crippen molar-refractivity contribution in [1.82, 2.24) is 5.01 Å². The Hall–Kier alpha value is -3.50. The van der Waals surface area contributed by atoms with Gasteiger partial charge in [-0.3, -0.25) is 0 Å². The Morgan fingerprint density at radius 1 is 0.871 bits per heavy atom. The molecule has 0 fully saturated rings. The topological polar surface area (TPSA) is 45.1 Å². The van der Waals surface area contributed by atoms with Crippen molar-refractivity contribution >= 4 is 28.1 Å². The third kappa shape index (κ3) is 3.03. The van der Waals surface area contributed by atoms with Gasteiger partial charge in [-0.25, -0.2) is 5.01 Å². The number of para-hydroxylation sites is 1. The Morgan fingerprint density at radius 3 is 2.58 bits per heavy atom. The second-order valence-corrected chi connectivity index (χ2v) is 8.36. The summed E-state index contributed by atoms with van der Waals surface area (Å²) in [5, 5.41) is 20.4. The molecule has 2 heterocycles. The molecule has 2 aliphatic heterocycles. The molecule has 5 heteroatoms. The highest BCUT2D eigenvalue weighted by atomic mass is 35.5. The number of phenolic OH excluding ortho intramolecular Hbond substituents is 1. The standard InChI is InChI=1S/C26H19ClN2O2/c27-19-11-12-24(30)21(14-19)26-29-23(20-7-3-4-8-25(20)31-26)15-22(28-29)18-10-9-16-5-1-2-6-17(16)13-18/h1-14,23,26,30H,15H2/t23-,26+/m0/s1. The summed E-state index contributed by atoms with van der Waals surface area (Å²) in [7, 11) is 0. The minimum atomic E-state index is -0.559. The molecule has 4 aromatic rings. The number of fused-ring (bicyclic) bond motifs is 4. The van der Waals surface area contributed by atoms with E-state index in [9.17, 15) is 5.11 Å². The highest BCUT2D eigenvalue weighted by Crippen LogP contribution is 2.49. The lowest BCUT2D eigenvalue weighted by Gasteiger charge is -2.38. The predicted molar refractivity (Wildman–Crippen MR) is 123 cm³/mol. The van der Waals surface area contributed by atoms with Crippen molar-refractivity contribution in [3.8, 4) is 11.5 Å².